The minimum Gasteiger partial charge on any atom is -0.493 e. The molecule has 1 amide bonds. The third-order valence-electron chi connectivity index (χ3n) is 2.89. The summed E-state index contributed by atoms with van der Waals surface area (Å²) >= 11 is 0. The lowest BCUT2D eigenvalue weighted by molar-refractivity contribution is -0.141. The van der Waals surface area contributed by atoms with Crippen molar-refractivity contribution in [2.45, 2.75) is 33.2 Å². The van der Waals surface area contributed by atoms with Crippen LogP contribution in [0.4, 0.5) is 0 Å². The first-order chi connectivity index (χ1) is 8.91. The Morgan fingerprint density at radius 1 is 1.37 bits per heavy atom. The zero-order chi connectivity index (χ0) is 14.4. The van der Waals surface area contributed by atoms with Gasteiger partial charge in [-0.25, -0.2) is 0 Å². The van der Waals surface area contributed by atoms with Crippen LogP contribution in [0, 0.1) is 13.8 Å². The first kappa shape index (κ1) is 15.0. The number of benzene rings is 1. The van der Waals surface area contributed by atoms with Gasteiger partial charge in [0, 0.05) is 0 Å². The average molecular weight is 265 g/mol. The summed E-state index contributed by atoms with van der Waals surface area (Å²) in [6, 6.07) is 4.85. The third kappa shape index (κ3) is 4.62. The van der Waals surface area contributed by atoms with Crippen molar-refractivity contribution in [2.75, 3.05) is 6.61 Å². The summed E-state index contributed by atoms with van der Waals surface area (Å²) in [4.78, 5) is 22.0. The Labute approximate surface area is 112 Å². The zero-order valence-corrected chi connectivity index (χ0v) is 11.4. The van der Waals surface area contributed by atoms with E-state index in [4.69, 9.17) is 9.84 Å². The Morgan fingerprint density at radius 2 is 2.05 bits per heavy atom. The van der Waals surface area contributed by atoms with Gasteiger partial charge in [-0.3, -0.25) is 9.59 Å². The number of aryl methyl sites for hydroxylation is 1. The number of carbonyl (C=O) groups is 2. The van der Waals surface area contributed by atoms with E-state index in [0.29, 0.717) is 0 Å². The van der Waals surface area contributed by atoms with Gasteiger partial charge in [0.05, 0.1) is 13.0 Å². The highest BCUT2D eigenvalue weighted by molar-refractivity contribution is 5.83. The number of hydrogen-bond donors (Lipinski definition) is 2. The summed E-state index contributed by atoms with van der Waals surface area (Å²) in [7, 11) is 0. The molecule has 0 saturated carbocycles. The fourth-order valence-electron chi connectivity index (χ4n) is 1.51. The van der Waals surface area contributed by atoms with Crippen LogP contribution in [-0.4, -0.2) is 29.6 Å². The maximum Gasteiger partial charge on any atom is 0.325 e. The highest BCUT2D eigenvalue weighted by Crippen LogP contribution is 2.20. The van der Waals surface area contributed by atoms with E-state index in [0.717, 1.165) is 16.9 Å². The van der Waals surface area contributed by atoms with Crippen molar-refractivity contribution >= 4 is 11.9 Å². The van der Waals surface area contributed by atoms with Crippen LogP contribution in [-0.2, 0) is 9.59 Å². The molecule has 0 radical (unpaired) electrons. The van der Waals surface area contributed by atoms with Crippen molar-refractivity contribution in [3.05, 3.63) is 29.3 Å². The van der Waals surface area contributed by atoms with E-state index < -0.39 is 12.0 Å². The molecular weight excluding hydrogens is 246 g/mol. The monoisotopic (exact) mass is 265 g/mol. The molecule has 1 rings (SSSR count). The average Bonchev–Trinajstić information content (AvgIpc) is 2.34. The highest BCUT2D eigenvalue weighted by atomic mass is 16.5. The van der Waals surface area contributed by atoms with Gasteiger partial charge in [-0.15, -0.1) is 0 Å². The van der Waals surface area contributed by atoms with Crippen molar-refractivity contribution in [3.63, 3.8) is 0 Å². The van der Waals surface area contributed by atoms with Gasteiger partial charge in [0.1, 0.15) is 11.8 Å². The number of ether oxygens (including phenoxy) is 1. The molecule has 1 aromatic carbocycles. The largest absolute Gasteiger partial charge is 0.493 e. The third-order valence-corrected chi connectivity index (χ3v) is 2.89. The van der Waals surface area contributed by atoms with Crippen LogP contribution in [0.2, 0.25) is 0 Å². The smallest absolute Gasteiger partial charge is 0.325 e. The molecule has 0 aliphatic rings. The van der Waals surface area contributed by atoms with E-state index in [1.165, 1.54) is 6.92 Å². The molecule has 5 heteroatoms. The minimum atomic E-state index is -1.05. The molecule has 104 valence electrons. The van der Waals surface area contributed by atoms with Crippen molar-refractivity contribution < 1.29 is 19.4 Å². The molecule has 0 aliphatic carbocycles. The van der Waals surface area contributed by atoms with Gasteiger partial charge >= 0.3 is 5.97 Å². The van der Waals surface area contributed by atoms with E-state index in [2.05, 4.69) is 5.32 Å². The fraction of sp³-hybridized carbons (Fsp3) is 0.429. The van der Waals surface area contributed by atoms with Gasteiger partial charge in [-0.05, 0) is 38.0 Å². The van der Waals surface area contributed by atoms with Gasteiger partial charge in [0.2, 0.25) is 5.91 Å². The van der Waals surface area contributed by atoms with Crippen molar-refractivity contribution in [1.82, 2.24) is 5.32 Å². The van der Waals surface area contributed by atoms with Crippen LogP contribution in [0.3, 0.4) is 0 Å². The number of aliphatic carboxylic acids is 1. The van der Waals surface area contributed by atoms with E-state index >= 15 is 0 Å². The highest BCUT2D eigenvalue weighted by Gasteiger charge is 2.13. The lowest BCUT2D eigenvalue weighted by atomic mass is 10.1. The molecule has 0 fully saturated rings. The Kier molecular flexibility index (Phi) is 5.36. The summed E-state index contributed by atoms with van der Waals surface area (Å²) in [6.07, 6.45) is 0.130. The summed E-state index contributed by atoms with van der Waals surface area (Å²) in [5, 5.41) is 11.0. The van der Waals surface area contributed by atoms with E-state index in [1.807, 2.05) is 32.0 Å². The van der Waals surface area contributed by atoms with Crippen molar-refractivity contribution in [2.24, 2.45) is 0 Å². The molecule has 0 spiro atoms. The first-order valence-electron chi connectivity index (χ1n) is 6.13. The van der Waals surface area contributed by atoms with Crippen LogP contribution in [0.15, 0.2) is 18.2 Å². The Morgan fingerprint density at radius 3 is 2.68 bits per heavy atom. The molecule has 0 aromatic heterocycles. The Bertz CT molecular complexity index is 471. The molecule has 0 saturated heterocycles. The predicted molar refractivity (Wildman–Crippen MR) is 71.3 cm³/mol. The molecule has 19 heavy (non-hydrogen) atoms. The molecule has 0 aliphatic heterocycles. The summed E-state index contributed by atoms with van der Waals surface area (Å²) < 4.78 is 5.52. The molecule has 0 unspecified atom stereocenters. The second kappa shape index (κ2) is 6.78. The van der Waals surface area contributed by atoms with Crippen LogP contribution >= 0.6 is 0 Å². The molecule has 0 bridgehead atoms. The molecule has 1 aromatic rings. The molecule has 0 heterocycles. The van der Waals surface area contributed by atoms with Gasteiger partial charge in [0.15, 0.2) is 0 Å². The maximum absolute atomic E-state index is 11.4. The standard InChI is InChI=1S/C14H19NO4/c1-9-5-4-6-12(10(9)2)19-8-7-13(16)15-11(3)14(17)18/h4-6,11H,7-8H2,1-3H3,(H,15,16)(H,17,18)/t11-/m1/s1. The topological polar surface area (TPSA) is 75.6 Å². The minimum absolute atomic E-state index is 0.130. The lowest BCUT2D eigenvalue weighted by Crippen LogP contribution is -2.38. The quantitative estimate of drug-likeness (QED) is 0.820. The molecule has 2 N–H and O–H groups in total. The summed E-state index contributed by atoms with van der Waals surface area (Å²) in [5.41, 5.74) is 2.17. The number of carboxylic acid groups (broad SMARTS) is 1. The second-order valence-electron chi connectivity index (χ2n) is 4.42. The number of carboxylic acids is 1. The van der Waals surface area contributed by atoms with E-state index in [1.54, 1.807) is 0 Å². The summed E-state index contributed by atoms with van der Waals surface area (Å²) in [6.45, 7) is 5.59. The van der Waals surface area contributed by atoms with Crippen molar-refractivity contribution in [3.8, 4) is 5.75 Å². The first-order valence-corrected chi connectivity index (χ1v) is 6.13. The number of amides is 1. The fourth-order valence-corrected chi connectivity index (χ4v) is 1.51. The SMILES string of the molecule is Cc1cccc(OCCC(=O)N[C@H](C)C(=O)O)c1C. The number of rotatable bonds is 6. The Balaban J connectivity index is 2.40. The van der Waals surface area contributed by atoms with Crippen molar-refractivity contribution in [1.29, 1.82) is 0 Å². The van der Waals surface area contributed by atoms with Gasteiger partial charge < -0.3 is 15.2 Å². The predicted octanol–water partition coefficient (Wildman–Crippen LogP) is 1.66. The maximum atomic E-state index is 11.4. The zero-order valence-electron chi connectivity index (χ0n) is 11.4. The second-order valence-corrected chi connectivity index (χ2v) is 4.42. The molecule has 5 nitrogen and oxygen atoms in total. The van der Waals surface area contributed by atoms with Crippen LogP contribution in [0.25, 0.3) is 0 Å². The summed E-state index contributed by atoms with van der Waals surface area (Å²) in [5.74, 6) is -0.636. The van der Waals surface area contributed by atoms with Gasteiger partial charge in [-0.1, -0.05) is 12.1 Å². The van der Waals surface area contributed by atoms with E-state index in [-0.39, 0.29) is 18.9 Å². The Hall–Kier alpha value is -2.04. The lowest BCUT2D eigenvalue weighted by Gasteiger charge is -2.12. The number of nitrogens with one attached hydrogen (secondary N) is 1. The molecule has 1 atom stereocenters. The number of carbonyl (C=O) groups excluding carboxylic acids is 1. The van der Waals surface area contributed by atoms with Gasteiger partial charge in [0.25, 0.3) is 0 Å². The molecular formula is C14H19NO4. The number of hydrogen-bond acceptors (Lipinski definition) is 3. The van der Waals surface area contributed by atoms with Crippen LogP contribution in [0.1, 0.15) is 24.5 Å². The van der Waals surface area contributed by atoms with Crippen LogP contribution < -0.4 is 10.1 Å². The van der Waals surface area contributed by atoms with Crippen LogP contribution in [0.5, 0.6) is 5.75 Å². The van der Waals surface area contributed by atoms with E-state index in [9.17, 15) is 9.59 Å². The van der Waals surface area contributed by atoms with Gasteiger partial charge in [-0.2, -0.15) is 0 Å². The normalized spacial score (nSPS) is 11.7.